The van der Waals surface area contributed by atoms with Gasteiger partial charge in [0.1, 0.15) is 0 Å². The Morgan fingerprint density at radius 2 is 2.33 bits per heavy atom. The minimum Gasteiger partial charge on any atom is -0.384 e. The summed E-state index contributed by atoms with van der Waals surface area (Å²) in [6.07, 6.45) is 5.07. The van der Waals surface area contributed by atoms with Gasteiger partial charge in [-0.05, 0) is 41.1 Å². The molecule has 1 atom stereocenters. The van der Waals surface area contributed by atoms with Gasteiger partial charge in [-0.1, -0.05) is 0 Å². The molecule has 0 spiro atoms. The largest absolute Gasteiger partial charge is 0.384 e. The van der Waals surface area contributed by atoms with Crippen LogP contribution < -0.4 is 0 Å². The fourth-order valence-corrected chi connectivity index (χ4v) is 4.13. The molecule has 0 saturated heterocycles. The summed E-state index contributed by atoms with van der Waals surface area (Å²) in [5.74, 6) is 1.18. The Bertz CT molecular complexity index is 706. The van der Waals surface area contributed by atoms with Gasteiger partial charge in [0.05, 0.1) is 31.5 Å². The Hall–Kier alpha value is -1.66. The first kappa shape index (κ1) is 15.8. The second-order valence-corrected chi connectivity index (χ2v) is 7.69. The van der Waals surface area contributed by atoms with Crippen LogP contribution in [0.4, 0.5) is 0 Å². The molecule has 1 saturated carbocycles. The first-order valence-corrected chi connectivity index (χ1v) is 9.51. The van der Waals surface area contributed by atoms with Crippen molar-refractivity contribution in [3.05, 3.63) is 39.8 Å². The van der Waals surface area contributed by atoms with E-state index in [-0.39, 0.29) is 11.8 Å². The molecule has 2 aliphatic rings. The monoisotopic (exact) mass is 345 g/mol. The van der Waals surface area contributed by atoms with Crippen molar-refractivity contribution in [3.8, 4) is 0 Å². The summed E-state index contributed by atoms with van der Waals surface area (Å²) in [5.41, 5.74) is 3.57. The molecular weight excluding hydrogens is 322 g/mol. The van der Waals surface area contributed by atoms with Gasteiger partial charge in [-0.15, -0.1) is 0 Å². The summed E-state index contributed by atoms with van der Waals surface area (Å²) in [6.45, 7) is 3.01. The summed E-state index contributed by atoms with van der Waals surface area (Å²) < 4.78 is 7.53. The molecule has 0 N–H and O–H groups in total. The summed E-state index contributed by atoms with van der Waals surface area (Å²) in [7, 11) is 1.72. The molecule has 1 fully saturated rings. The smallest absolute Gasteiger partial charge is 0.227 e. The standard InChI is InChI=1S/C18H23N3O2S/c1-23-11-15-9-20(18(22)6-14-4-5-24-12-14)10-17-16(15)7-19-21(17)8-13-2-3-13/h4-5,7,12-13,15H,2-3,6,8-11H2,1H3. The zero-order chi connectivity index (χ0) is 16.5. The number of hydrogen-bond acceptors (Lipinski definition) is 4. The van der Waals surface area contributed by atoms with E-state index in [1.165, 1.54) is 24.1 Å². The number of amides is 1. The Labute approximate surface area is 146 Å². The summed E-state index contributed by atoms with van der Waals surface area (Å²) in [5, 5.41) is 8.68. The van der Waals surface area contributed by atoms with Crippen LogP contribution in [-0.2, 0) is 29.0 Å². The van der Waals surface area contributed by atoms with Gasteiger partial charge in [-0.3, -0.25) is 9.48 Å². The van der Waals surface area contributed by atoms with Crippen LogP contribution in [0.1, 0.15) is 35.6 Å². The zero-order valence-electron chi connectivity index (χ0n) is 14.0. The van der Waals surface area contributed by atoms with Crippen LogP contribution in [0.5, 0.6) is 0 Å². The van der Waals surface area contributed by atoms with Gasteiger partial charge in [-0.25, -0.2) is 0 Å². The Balaban J connectivity index is 1.54. The second kappa shape index (κ2) is 6.69. The molecule has 4 rings (SSSR count). The normalized spacial score (nSPS) is 20.2. The van der Waals surface area contributed by atoms with E-state index in [9.17, 15) is 4.79 Å². The molecular formula is C18H23N3O2S. The molecule has 6 heteroatoms. The van der Waals surface area contributed by atoms with Gasteiger partial charge in [0.25, 0.3) is 0 Å². The third kappa shape index (κ3) is 3.26. The fraction of sp³-hybridized carbons (Fsp3) is 0.556. The molecule has 0 radical (unpaired) electrons. The number of fused-ring (bicyclic) bond motifs is 1. The first-order valence-electron chi connectivity index (χ1n) is 8.57. The zero-order valence-corrected chi connectivity index (χ0v) is 14.8. The van der Waals surface area contributed by atoms with Crippen molar-refractivity contribution in [2.45, 2.75) is 38.3 Å². The van der Waals surface area contributed by atoms with Crippen LogP contribution in [0.15, 0.2) is 23.0 Å². The maximum atomic E-state index is 12.8. The second-order valence-electron chi connectivity index (χ2n) is 6.91. The van der Waals surface area contributed by atoms with E-state index in [4.69, 9.17) is 4.74 Å². The average molecular weight is 345 g/mol. The highest BCUT2D eigenvalue weighted by Gasteiger charge is 2.32. The van der Waals surface area contributed by atoms with Crippen molar-refractivity contribution in [1.29, 1.82) is 0 Å². The molecule has 1 aliphatic carbocycles. The van der Waals surface area contributed by atoms with Crippen molar-refractivity contribution in [3.63, 3.8) is 0 Å². The molecule has 1 amide bonds. The number of thiophene rings is 1. The predicted octanol–water partition coefficient (Wildman–Crippen LogP) is 2.67. The number of methoxy groups -OCH3 is 1. The van der Waals surface area contributed by atoms with Crippen LogP contribution in [0.2, 0.25) is 0 Å². The molecule has 1 unspecified atom stereocenters. The lowest BCUT2D eigenvalue weighted by atomic mass is 9.95. The molecule has 2 aromatic heterocycles. The van der Waals surface area contributed by atoms with Crippen LogP contribution in [0, 0.1) is 5.92 Å². The van der Waals surface area contributed by atoms with Crippen LogP contribution in [-0.4, -0.2) is 40.8 Å². The number of aromatic nitrogens is 2. The quantitative estimate of drug-likeness (QED) is 0.809. The maximum absolute atomic E-state index is 12.8. The van der Waals surface area contributed by atoms with Crippen LogP contribution in [0.25, 0.3) is 0 Å². The Morgan fingerprint density at radius 1 is 1.46 bits per heavy atom. The van der Waals surface area contributed by atoms with E-state index in [1.54, 1.807) is 18.4 Å². The van der Waals surface area contributed by atoms with E-state index in [0.29, 0.717) is 19.6 Å². The summed E-state index contributed by atoms with van der Waals surface area (Å²) >= 11 is 1.64. The summed E-state index contributed by atoms with van der Waals surface area (Å²) in [4.78, 5) is 14.7. The van der Waals surface area contributed by atoms with Gasteiger partial charge < -0.3 is 9.64 Å². The van der Waals surface area contributed by atoms with E-state index in [2.05, 4.69) is 15.2 Å². The first-order chi connectivity index (χ1) is 11.7. The molecule has 3 heterocycles. The number of nitrogens with zero attached hydrogens (tertiary/aromatic N) is 3. The van der Waals surface area contributed by atoms with Crippen molar-refractivity contribution >= 4 is 17.2 Å². The van der Waals surface area contributed by atoms with Crippen LogP contribution in [0.3, 0.4) is 0 Å². The van der Waals surface area contributed by atoms with Crippen molar-refractivity contribution in [1.82, 2.24) is 14.7 Å². The SMILES string of the molecule is COCC1CN(C(=O)Cc2ccsc2)Cc2c1cnn2CC1CC1. The molecule has 5 nitrogen and oxygen atoms in total. The van der Waals surface area contributed by atoms with E-state index < -0.39 is 0 Å². The van der Waals surface area contributed by atoms with E-state index in [0.717, 1.165) is 24.6 Å². The highest BCUT2D eigenvalue weighted by atomic mass is 32.1. The molecule has 128 valence electrons. The van der Waals surface area contributed by atoms with Gasteiger partial charge in [0, 0.05) is 31.7 Å². The lowest BCUT2D eigenvalue weighted by Gasteiger charge is -2.33. The molecule has 0 aromatic carbocycles. The minimum atomic E-state index is 0.194. The lowest BCUT2D eigenvalue weighted by Crippen LogP contribution is -2.40. The van der Waals surface area contributed by atoms with Crippen molar-refractivity contribution in [2.75, 3.05) is 20.3 Å². The average Bonchev–Trinajstić information content (AvgIpc) is 3.07. The van der Waals surface area contributed by atoms with Gasteiger partial charge in [-0.2, -0.15) is 16.4 Å². The van der Waals surface area contributed by atoms with Gasteiger partial charge >= 0.3 is 0 Å². The van der Waals surface area contributed by atoms with Gasteiger partial charge in [0.2, 0.25) is 5.91 Å². The predicted molar refractivity (Wildman–Crippen MR) is 93.0 cm³/mol. The Morgan fingerprint density at radius 3 is 3.04 bits per heavy atom. The van der Waals surface area contributed by atoms with E-state index >= 15 is 0 Å². The summed E-state index contributed by atoms with van der Waals surface area (Å²) in [6, 6.07) is 2.03. The maximum Gasteiger partial charge on any atom is 0.227 e. The third-order valence-corrected chi connectivity index (χ3v) is 5.72. The molecule has 1 aliphatic heterocycles. The molecule has 2 aromatic rings. The third-order valence-electron chi connectivity index (χ3n) is 4.99. The van der Waals surface area contributed by atoms with Crippen molar-refractivity contribution < 1.29 is 9.53 Å². The number of ether oxygens (including phenoxy) is 1. The fourth-order valence-electron chi connectivity index (χ4n) is 3.46. The van der Waals surface area contributed by atoms with Crippen LogP contribution >= 0.6 is 11.3 Å². The highest BCUT2D eigenvalue weighted by molar-refractivity contribution is 7.07. The number of hydrogen-bond donors (Lipinski definition) is 0. The topological polar surface area (TPSA) is 47.4 Å². The van der Waals surface area contributed by atoms with Crippen molar-refractivity contribution in [2.24, 2.45) is 5.92 Å². The van der Waals surface area contributed by atoms with Gasteiger partial charge in [0.15, 0.2) is 0 Å². The number of carbonyl (C=O) groups excluding carboxylic acids is 1. The molecule has 24 heavy (non-hydrogen) atoms. The number of rotatable bonds is 6. The minimum absolute atomic E-state index is 0.194. The Kier molecular flexibility index (Phi) is 4.41. The highest BCUT2D eigenvalue weighted by Crippen LogP contribution is 2.34. The molecule has 0 bridgehead atoms. The lowest BCUT2D eigenvalue weighted by molar-refractivity contribution is -0.132. The number of carbonyl (C=O) groups is 1. The van der Waals surface area contributed by atoms with E-state index in [1.807, 2.05) is 22.5 Å².